The van der Waals surface area contributed by atoms with Crippen molar-refractivity contribution in [3.05, 3.63) is 60.0 Å². The Morgan fingerprint density at radius 2 is 2.12 bits per heavy atom. The molecule has 0 saturated heterocycles. The van der Waals surface area contributed by atoms with Gasteiger partial charge in [-0.25, -0.2) is 0 Å². The monoisotopic (exact) mass is 325 g/mol. The molecular weight excluding hydrogens is 306 g/mol. The summed E-state index contributed by atoms with van der Waals surface area (Å²) >= 11 is 0. The fourth-order valence-electron chi connectivity index (χ4n) is 2.34. The third-order valence-electron chi connectivity index (χ3n) is 3.81. The van der Waals surface area contributed by atoms with Crippen molar-refractivity contribution in [1.82, 2.24) is 25.3 Å². The van der Waals surface area contributed by atoms with E-state index in [0.717, 1.165) is 5.56 Å². The van der Waals surface area contributed by atoms with Gasteiger partial charge in [-0.3, -0.25) is 14.6 Å². The Morgan fingerprint density at radius 3 is 2.79 bits per heavy atom. The van der Waals surface area contributed by atoms with E-state index in [1.807, 2.05) is 30.3 Å². The third kappa shape index (κ3) is 3.36. The summed E-state index contributed by atoms with van der Waals surface area (Å²) in [7, 11) is 1.77. The van der Waals surface area contributed by atoms with Crippen LogP contribution in [0.3, 0.4) is 0 Å². The molecular formula is C17H19N5O2. The zero-order valence-corrected chi connectivity index (χ0v) is 13.5. The van der Waals surface area contributed by atoms with E-state index in [4.69, 9.17) is 0 Å². The lowest BCUT2D eigenvalue weighted by atomic mass is 10.00. The van der Waals surface area contributed by atoms with Crippen LogP contribution in [0.25, 0.3) is 11.3 Å². The summed E-state index contributed by atoms with van der Waals surface area (Å²) in [5.41, 5.74) is 1.40. The second-order valence-corrected chi connectivity index (χ2v) is 5.89. The quantitative estimate of drug-likeness (QED) is 0.661. The van der Waals surface area contributed by atoms with Crippen molar-refractivity contribution in [2.75, 3.05) is 6.54 Å². The number of hydrogen-bond acceptors (Lipinski definition) is 4. The van der Waals surface area contributed by atoms with Gasteiger partial charge in [-0.05, 0) is 13.0 Å². The first-order valence-corrected chi connectivity index (χ1v) is 7.56. The van der Waals surface area contributed by atoms with E-state index in [0.29, 0.717) is 17.0 Å². The van der Waals surface area contributed by atoms with Gasteiger partial charge in [-0.2, -0.15) is 10.2 Å². The lowest BCUT2D eigenvalue weighted by molar-refractivity contribution is 0.0524. The Hall–Kier alpha value is -2.93. The standard InChI is InChI=1S/C17H19N5O2/c1-17(24,13-9-19-22(2)10-13)11-18-16(23)15-8-14(20-21-15)12-6-4-3-5-7-12/h3-10,24H,11H2,1-2H3,(H,18,23)(H,20,21). The number of rotatable bonds is 5. The maximum absolute atomic E-state index is 12.3. The minimum Gasteiger partial charge on any atom is -0.383 e. The summed E-state index contributed by atoms with van der Waals surface area (Å²) in [4.78, 5) is 12.3. The predicted octanol–water partition coefficient (Wildman–Crippen LogP) is 1.45. The fourth-order valence-corrected chi connectivity index (χ4v) is 2.34. The Labute approximate surface area is 139 Å². The smallest absolute Gasteiger partial charge is 0.269 e. The highest BCUT2D eigenvalue weighted by atomic mass is 16.3. The Morgan fingerprint density at radius 1 is 1.38 bits per heavy atom. The van der Waals surface area contributed by atoms with Gasteiger partial charge in [-0.15, -0.1) is 0 Å². The summed E-state index contributed by atoms with van der Waals surface area (Å²) < 4.78 is 1.60. The van der Waals surface area contributed by atoms with Crippen LogP contribution < -0.4 is 5.32 Å². The first kappa shape index (κ1) is 15.9. The molecule has 3 rings (SSSR count). The molecule has 1 atom stereocenters. The molecule has 0 bridgehead atoms. The summed E-state index contributed by atoms with van der Waals surface area (Å²) in [6.45, 7) is 1.70. The zero-order chi connectivity index (χ0) is 17.2. The van der Waals surface area contributed by atoms with Gasteiger partial charge in [0, 0.05) is 24.4 Å². The average molecular weight is 325 g/mol. The highest BCUT2D eigenvalue weighted by molar-refractivity contribution is 5.93. The molecule has 124 valence electrons. The SMILES string of the molecule is Cn1cc(C(C)(O)CNC(=O)c2cc(-c3ccccc3)n[nH]2)cn1. The second-order valence-electron chi connectivity index (χ2n) is 5.89. The number of carbonyl (C=O) groups excluding carboxylic acids is 1. The van der Waals surface area contributed by atoms with Gasteiger partial charge in [0.05, 0.1) is 18.4 Å². The fraction of sp³-hybridized carbons (Fsp3) is 0.235. The Kier molecular flexibility index (Phi) is 4.18. The second kappa shape index (κ2) is 6.29. The van der Waals surface area contributed by atoms with Gasteiger partial charge in [0.25, 0.3) is 5.91 Å². The van der Waals surface area contributed by atoms with Gasteiger partial charge in [-0.1, -0.05) is 30.3 Å². The van der Waals surface area contributed by atoms with Crippen LogP contribution in [0.2, 0.25) is 0 Å². The maximum atomic E-state index is 12.3. The van der Waals surface area contributed by atoms with Crippen molar-refractivity contribution in [2.24, 2.45) is 7.05 Å². The molecule has 1 amide bonds. The van der Waals surface area contributed by atoms with Crippen LogP contribution in [0.15, 0.2) is 48.8 Å². The molecule has 1 aromatic carbocycles. The summed E-state index contributed by atoms with van der Waals surface area (Å²) in [5.74, 6) is -0.325. The first-order chi connectivity index (χ1) is 11.5. The summed E-state index contributed by atoms with van der Waals surface area (Å²) in [6, 6.07) is 11.3. The number of benzene rings is 1. The van der Waals surface area contributed by atoms with Crippen molar-refractivity contribution in [1.29, 1.82) is 0 Å². The molecule has 24 heavy (non-hydrogen) atoms. The molecule has 3 aromatic rings. The van der Waals surface area contributed by atoms with Crippen molar-refractivity contribution >= 4 is 5.91 Å². The number of carbonyl (C=O) groups is 1. The molecule has 3 N–H and O–H groups in total. The van der Waals surface area contributed by atoms with Crippen molar-refractivity contribution in [3.8, 4) is 11.3 Å². The van der Waals surface area contributed by atoms with Gasteiger partial charge in [0.15, 0.2) is 0 Å². The van der Waals surface area contributed by atoms with Crippen LogP contribution in [-0.2, 0) is 12.6 Å². The van der Waals surface area contributed by atoms with Crippen LogP contribution in [0.5, 0.6) is 0 Å². The number of hydrogen-bond donors (Lipinski definition) is 3. The number of nitrogens with zero attached hydrogens (tertiary/aromatic N) is 3. The van der Waals surface area contributed by atoms with Crippen LogP contribution in [0.4, 0.5) is 0 Å². The van der Waals surface area contributed by atoms with Crippen molar-refractivity contribution < 1.29 is 9.90 Å². The van der Waals surface area contributed by atoms with Gasteiger partial charge < -0.3 is 10.4 Å². The number of aryl methyl sites for hydroxylation is 1. The molecule has 0 radical (unpaired) electrons. The minimum absolute atomic E-state index is 0.0667. The lowest BCUT2D eigenvalue weighted by Crippen LogP contribution is -2.38. The largest absolute Gasteiger partial charge is 0.383 e. The molecule has 2 aromatic heterocycles. The molecule has 7 heteroatoms. The highest BCUT2D eigenvalue weighted by Crippen LogP contribution is 2.19. The van der Waals surface area contributed by atoms with Crippen LogP contribution >= 0.6 is 0 Å². The highest BCUT2D eigenvalue weighted by Gasteiger charge is 2.26. The molecule has 0 aliphatic heterocycles. The van der Waals surface area contributed by atoms with Gasteiger partial charge >= 0.3 is 0 Å². The zero-order valence-electron chi connectivity index (χ0n) is 13.5. The first-order valence-electron chi connectivity index (χ1n) is 7.56. The number of aromatic nitrogens is 4. The van der Waals surface area contributed by atoms with E-state index >= 15 is 0 Å². The van der Waals surface area contributed by atoms with E-state index in [2.05, 4.69) is 20.6 Å². The van der Waals surface area contributed by atoms with Gasteiger partial charge in [0.2, 0.25) is 0 Å². The Balaban J connectivity index is 1.66. The minimum atomic E-state index is -1.20. The number of aliphatic hydroxyl groups is 1. The summed E-state index contributed by atoms with van der Waals surface area (Å²) in [6.07, 6.45) is 3.30. The Bertz CT molecular complexity index is 836. The predicted molar refractivity (Wildman–Crippen MR) is 89.1 cm³/mol. The molecule has 7 nitrogen and oxygen atoms in total. The average Bonchev–Trinajstić information content (AvgIpc) is 3.23. The van der Waals surface area contributed by atoms with E-state index in [-0.39, 0.29) is 12.5 Å². The molecule has 2 heterocycles. The molecule has 1 unspecified atom stereocenters. The van der Waals surface area contributed by atoms with Gasteiger partial charge in [0.1, 0.15) is 11.3 Å². The molecule has 0 aliphatic carbocycles. The van der Waals surface area contributed by atoms with E-state index in [1.54, 1.807) is 37.1 Å². The topological polar surface area (TPSA) is 95.8 Å². The van der Waals surface area contributed by atoms with E-state index < -0.39 is 5.60 Å². The summed E-state index contributed by atoms with van der Waals surface area (Å²) in [5, 5.41) is 24.1. The third-order valence-corrected chi connectivity index (χ3v) is 3.81. The number of aromatic amines is 1. The van der Waals surface area contributed by atoms with E-state index in [9.17, 15) is 9.90 Å². The number of nitrogens with one attached hydrogen (secondary N) is 2. The van der Waals surface area contributed by atoms with Crippen molar-refractivity contribution in [3.63, 3.8) is 0 Å². The van der Waals surface area contributed by atoms with Crippen molar-refractivity contribution in [2.45, 2.75) is 12.5 Å². The molecule has 0 spiro atoms. The molecule has 0 saturated carbocycles. The number of amides is 1. The lowest BCUT2D eigenvalue weighted by Gasteiger charge is -2.21. The van der Waals surface area contributed by atoms with E-state index in [1.165, 1.54) is 0 Å². The molecule has 0 fully saturated rings. The number of H-pyrrole nitrogens is 1. The molecule has 0 aliphatic rings. The normalized spacial score (nSPS) is 13.5. The van der Waals surface area contributed by atoms with Crippen LogP contribution in [0, 0.1) is 0 Å². The maximum Gasteiger partial charge on any atom is 0.269 e. The van der Waals surface area contributed by atoms with Crippen LogP contribution in [0.1, 0.15) is 23.0 Å². The van der Waals surface area contributed by atoms with Crippen LogP contribution in [-0.4, -0.2) is 37.5 Å².